The summed E-state index contributed by atoms with van der Waals surface area (Å²) in [5.74, 6) is -2.48. The highest BCUT2D eigenvalue weighted by Crippen LogP contribution is 2.13. The number of alkyl halides is 1. The number of halogens is 3. The van der Waals surface area contributed by atoms with E-state index < -0.39 is 17.5 Å². The lowest BCUT2D eigenvalue weighted by atomic mass is 10.2. The monoisotopic (exact) mass is 233 g/mol. The summed E-state index contributed by atoms with van der Waals surface area (Å²) >= 11 is 5.44. The highest BCUT2D eigenvalue weighted by Gasteiger charge is 2.17. The van der Waals surface area contributed by atoms with Gasteiger partial charge in [-0.15, -0.1) is 11.6 Å². The zero-order chi connectivity index (χ0) is 11.4. The first kappa shape index (κ1) is 11.9. The normalized spacial score (nSPS) is 10.1. The molecule has 0 bridgehead atoms. The molecule has 0 atom stereocenters. The van der Waals surface area contributed by atoms with Crippen molar-refractivity contribution in [2.24, 2.45) is 0 Å². The molecular formula is C10H10ClF2NO. The smallest absolute Gasteiger partial charge is 0.256 e. The van der Waals surface area contributed by atoms with Crippen LogP contribution < -0.4 is 0 Å². The molecule has 5 heteroatoms. The van der Waals surface area contributed by atoms with Gasteiger partial charge in [0.15, 0.2) is 11.6 Å². The minimum Gasteiger partial charge on any atom is -0.340 e. The molecular weight excluding hydrogens is 224 g/mol. The van der Waals surface area contributed by atoms with Crippen LogP contribution in [-0.2, 0) is 0 Å². The summed E-state index contributed by atoms with van der Waals surface area (Å²) in [4.78, 5) is 12.8. The predicted octanol–water partition coefficient (Wildman–Crippen LogP) is 2.28. The second-order valence-electron chi connectivity index (χ2n) is 3.02. The molecule has 2 nitrogen and oxygen atoms in total. The number of benzene rings is 1. The highest BCUT2D eigenvalue weighted by atomic mass is 35.5. The maximum Gasteiger partial charge on any atom is 0.256 e. The Morgan fingerprint density at radius 2 is 2.13 bits per heavy atom. The quantitative estimate of drug-likeness (QED) is 0.734. The fraction of sp³-hybridized carbons (Fsp3) is 0.300. The van der Waals surface area contributed by atoms with Crippen LogP contribution in [0.1, 0.15) is 10.4 Å². The standard InChI is InChI=1S/C10H10ClF2NO/c1-14(6-5-11)10(15)7-3-2-4-8(12)9(7)13/h2-4H,5-6H2,1H3. The Kier molecular flexibility index (Phi) is 4.03. The average molecular weight is 234 g/mol. The zero-order valence-electron chi connectivity index (χ0n) is 8.14. The Morgan fingerprint density at radius 3 is 2.73 bits per heavy atom. The molecule has 0 spiro atoms. The summed E-state index contributed by atoms with van der Waals surface area (Å²) in [5, 5.41) is 0. The molecule has 15 heavy (non-hydrogen) atoms. The van der Waals surface area contributed by atoms with Crippen LogP contribution in [0.5, 0.6) is 0 Å². The van der Waals surface area contributed by atoms with E-state index in [9.17, 15) is 13.6 Å². The second-order valence-corrected chi connectivity index (χ2v) is 3.40. The zero-order valence-corrected chi connectivity index (χ0v) is 8.89. The number of hydrogen-bond donors (Lipinski definition) is 0. The maximum atomic E-state index is 13.2. The number of carbonyl (C=O) groups excluding carboxylic acids is 1. The van der Waals surface area contributed by atoms with Crippen molar-refractivity contribution in [2.75, 3.05) is 19.5 Å². The summed E-state index contributed by atoms with van der Waals surface area (Å²) in [6.07, 6.45) is 0. The number of rotatable bonds is 3. The molecule has 0 aromatic heterocycles. The topological polar surface area (TPSA) is 20.3 Å². The molecule has 0 aliphatic rings. The van der Waals surface area contributed by atoms with Gasteiger partial charge in [0.05, 0.1) is 5.56 Å². The molecule has 1 amide bonds. The maximum absolute atomic E-state index is 13.2. The van der Waals surface area contributed by atoms with Gasteiger partial charge in [-0.05, 0) is 12.1 Å². The van der Waals surface area contributed by atoms with E-state index in [1.54, 1.807) is 0 Å². The molecule has 82 valence electrons. The number of hydrogen-bond acceptors (Lipinski definition) is 1. The van der Waals surface area contributed by atoms with E-state index in [1.807, 2.05) is 0 Å². The largest absolute Gasteiger partial charge is 0.340 e. The van der Waals surface area contributed by atoms with Gasteiger partial charge in [0.25, 0.3) is 5.91 Å². The highest BCUT2D eigenvalue weighted by molar-refractivity contribution is 6.18. The van der Waals surface area contributed by atoms with Gasteiger partial charge in [0.2, 0.25) is 0 Å². The molecule has 0 saturated carbocycles. The summed E-state index contributed by atoms with van der Waals surface area (Å²) < 4.78 is 26.0. The molecule has 1 rings (SSSR count). The van der Waals surface area contributed by atoms with Gasteiger partial charge in [0.1, 0.15) is 0 Å². The number of carbonyl (C=O) groups is 1. The van der Waals surface area contributed by atoms with E-state index in [0.29, 0.717) is 0 Å². The van der Waals surface area contributed by atoms with Gasteiger partial charge < -0.3 is 4.90 Å². The third-order valence-electron chi connectivity index (χ3n) is 1.95. The molecule has 0 saturated heterocycles. The molecule has 0 aliphatic heterocycles. The number of nitrogens with zero attached hydrogens (tertiary/aromatic N) is 1. The molecule has 0 N–H and O–H groups in total. The van der Waals surface area contributed by atoms with E-state index >= 15 is 0 Å². The van der Waals surface area contributed by atoms with Crippen LogP contribution in [0.15, 0.2) is 18.2 Å². The van der Waals surface area contributed by atoms with Gasteiger partial charge >= 0.3 is 0 Å². The van der Waals surface area contributed by atoms with Crippen molar-refractivity contribution in [3.63, 3.8) is 0 Å². The lowest BCUT2D eigenvalue weighted by Crippen LogP contribution is -2.29. The lowest BCUT2D eigenvalue weighted by molar-refractivity contribution is 0.0797. The molecule has 0 fully saturated rings. The third-order valence-corrected chi connectivity index (χ3v) is 2.12. The molecule has 1 aromatic carbocycles. The SMILES string of the molecule is CN(CCCl)C(=O)c1cccc(F)c1F. The Bertz CT molecular complexity index is 370. The van der Waals surface area contributed by atoms with Crippen molar-refractivity contribution in [1.29, 1.82) is 0 Å². The average Bonchev–Trinajstić information content (AvgIpc) is 2.21. The van der Waals surface area contributed by atoms with E-state index in [4.69, 9.17) is 11.6 Å². The first-order valence-corrected chi connectivity index (χ1v) is 4.86. The molecule has 0 heterocycles. The Balaban J connectivity index is 2.96. The minimum absolute atomic E-state index is 0.249. The van der Waals surface area contributed by atoms with Crippen LogP contribution in [0.2, 0.25) is 0 Å². The van der Waals surface area contributed by atoms with Crippen LogP contribution in [0.4, 0.5) is 8.78 Å². The summed E-state index contributed by atoms with van der Waals surface area (Å²) in [5.41, 5.74) is -0.275. The summed E-state index contributed by atoms with van der Waals surface area (Å²) in [7, 11) is 1.48. The fourth-order valence-corrected chi connectivity index (χ4v) is 1.36. The van der Waals surface area contributed by atoms with Crippen LogP contribution in [0.25, 0.3) is 0 Å². The van der Waals surface area contributed by atoms with Crippen LogP contribution in [0, 0.1) is 11.6 Å². The molecule has 0 unspecified atom stereocenters. The fourth-order valence-electron chi connectivity index (χ4n) is 1.10. The number of amides is 1. The van der Waals surface area contributed by atoms with Crippen molar-refractivity contribution in [2.45, 2.75) is 0 Å². The van der Waals surface area contributed by atoms with Gasteiger partial charge in [-0.1, -0.05) is 6.07 Å². The minimum atomic E-state index is -1.12. The van der Waals surface area contributed by atoms with Gasteiger partial charge in [-0.2, -0.15) is 0 Å². The Labute approximate surface area is 91.4 Å². The van der Waals surface area contributed by atoms with Crippen molar-refractivity contribution in [1.82, 2.24) is 4.90 Å². The molecule has 1 aromatic rings. The van der Waals surface area contributed by atoms with Gasteiger partial charge in [0, 0.05) is 19.5 Å². The molecule has 0 aliphatic carbocycles. The van der Waals surface area contributed by atoms with E-state index in [2.05, 4.69) is 0 Å². The second kappa shape index (κ2) is 5.07. The predicted molar refractivity (Wildman–Crippen MR) is 54.0 cm³/mol. The Morgan fingerprint density at radius 1 is 1.47 bits per heavy atom. The van der Waals surface area contributed by atoms with E-state index in [0.717, 1.165) is 6.07 Å². The van der Waals surface area contributed by atoms with Crippen molar-refractivity contribution < 1.29 is 13.6 Å². The lowest BCUT2D eigenvalue weighted by Gasteiger charge is -2.15. The van der Waals surface area contributed by atoms with Crippen LogP contribution in [-0.4, -0.2) is 30.3 Å². The van der Waals surface area contributed by atoms with E-state index in [-0.39, 0.29) is 18.0 Å². The van der Waals surface area contributed by atoms with Crippen LogP contribution in [0.3, 0.4) is 0 Å². The van der Waals surface area contributed by atoms with Gasteiger partial charge in [-0.25, -0.2) is 8.78 Å². The third kappa shape index (κ3) is 2.65. The van der Waals surface area contributed by atoms with Crippen molar-refractivity contribution in [3.8, 4) is 0 Å². The van der Waals surface area contributed by atoms with Gasteiger partial charge in [-0.3, -0.25) is 4.79 Å². The van der Waals surface area contributed by atoms with Crippen LogP contribution >= 0.6 is 11.6 Å². The van der Waals surface area contributed by atoms with Crippen molar-refractivity contribution in [3.05, 3.63) is 35.4 Å². The Hall–Kier alpha value is -1.16. The summed E-state index contributed by atoms with van der Waals surface area (Å²) in [6.45, 7) is 0.288. The first-order valence-electron chi connectivity index (χ1n) is 4.33. The summed E-state index contributed by atoms with van der Waals surface area (Å²) in [6, 6.07) is 3.50. The van der Waals surface area contributed by atoms with E-state index in [1.165, 1.54) is 24.1 Å². The molecule has 0 radical (unpaired) electrons. The van der Waals surface area contributed by atoms with Crippen molar-refractivity contribution >= 4 is 17.5 Å². The first-order chi connectivity index (χ1) is 7.07.